The molecule has 0 bridgehead atoms. The highest BCUT2D eigenvalue weighted by molar-refractivity contribution is 5.75. The third-order valence-corrected chi connectivity index (χ3v) is 4.85. The zero-order valence-corrected chi connectivity index (χ0v) is 15.7. The van der Waals surface area contributed by atoms with Crippen molar-refractivity contribution in [2.45, 2.75) is 51.7 Å². The van der Waals surface area contributed by atoms with Gasteiger partial charge in [0.15, 0.2) is 0 Å². The lowest BCUT2D eigenvalue weighted by Gasteiger charge is -2.37. The van der Waals surface area contributed by atoms with Crippen LogP contribution in [0.25, 0.3) is 0 Å². The van der Waals surface area contributed by atoms with Crippen molar-refractivity contribution in [2.75, 3.05) is 19.7 Å². The summed E-state index contributed by atoms with van der Waals surface area (Å²) in [6, 6.07) is 9.53. The number of hydrogen-bond donors (Lipinski definition) is 2. The van der Waals surface area contributed by atoms with E-state index in [-0.39, 0.29) is 24.6 Å². The largest absolute Gasteiger partial charge is 0.481 e. The molecule has 1 aromatic carbocycles. The number of piperidine rings is 1. The van der Waals surface area contributed by atoms with Crippen LogP contribution in [0.15, 0.2) is 30.3 Å². The molecule has 6 heteroatoms. The van der Waals surface area contributed by atoms with Gasteiger partial charge in [-0.3, -0.25) is 4.79 Å². The number of carboxylic acid groups (broad SMARTS) is 1. The van der Waals surface area contributed by atoms with Gasteiger partial charge in [-0.1, -0.05) is 37.3 Å². The van der Waals surface area contributed by atoms with Gasteiger partial charge in [-0.15, -0.1) is 0 Å². The summed E-state index contributed by atoms with van der Waals surface area (Å²) in [7, 11) is 0. The molecule has 3 atom stereocenters. The zero-order chi connectivity index (χ0) is 18.9. The summed E-state index contributed by atoms with van der Waals surface area (Å²) in [5, 5.41) is 12.0. The third-order valence-electron chi connectivity index (χ3n) is 4.85. The Morgan fingerprint density at radius 1 is 1.35 bits per heavy atom. The number of rotatable bonds is 8. The molecule has 2 rings (SSSR count). The summed E-state index contributed by atoms with van der Waals surface area (Å²) in [6.45, 7) is 6.11. The van der Waals surface area contributed by atoms with E-state index < -0.39 is 5.97 Å². The SMILES string of the molecule is CCOC1CCN(C(=O)NC(CCC(=O)O)Cc2ccccc2)CC1C. The molecule has 1 saturated heterocycles. The maximum Gasteiger partial charge on any atom is 0.317 e. The Labute approximate surface area is 155 Å². The Balaban J connectivity index is 1.93. The van der Waals surface area contributed by atoms with E-state index in [9.17, 15) is 9.59 Å². The third kappa shape index (κ3) is 6.33. The number of carbonyl (C=O) groups is 2. The smallest absolute Gasteiger partial charge is 0.317 e. The molecular formula is C20H30N2O4. The minimum atomic E-state index is -0.844. The summed E-state index contributed by atoms with van der Waals surface area (Å²) in [5.41, 5.74) is 1.09. The van der Waals surface area contributed by atoms with Crippen LogP contribution in [-0.4, -0.2) is 53.8 Å². The number of nitrogens with one attached hydrogen (secondary N) is 1. The number of amides is 2. The van der Waals surface area contributed by atoms with E-state index in [1.165, 1.54) is 0 Å². The van der Waals surface area contributed by atoms with Crippen molar-refractivity contribution < 1.29 is 19.4 Å². The molecule has 1 fully saturated rings. The molecule has 0 spiro atoms. The number of nitrogens with zero attached hydrogens (tertiary/aromatic N) is 1. The van der Waals surface area contributed by atoms with Crippen molar-refractivity contribution in [3.63, 3.8) is 0 Å². The first-order chi connectivity index (χ1) is 12.5. The molecule has 6 nitrogen and oxygen atoms in total. The predicted molar refractivity (Wildman–Crippen MR) is 100 cm³/mol. The van der Waals surface area contributed by atoms with Crippen LogP contribution >= 0.6 is 0 Å². The highest BCUT2D eigenvalue weighted by Crippen LogP contribution is 2.20. The van der Waals surface area contributed by atoms with Gasteiger partial charge in [0.05, 0.1) is 6.10 Å². The van der Waals surface area contributed by atoms with Crippen LogP contribution in [0.3, 0.4) is 0 Å². The van der Waals surface area contributed by atoms with Gasteiger partial charge in [0.2, 0.25) is 0 Å². The van der Waals surface area contributed by atoms with Crippen LogP contribution in [0.2, 0.25) is 0 Å². The predicted octanol–water partition coefficient (Wildman–Crippen LogP) is 2.92. The van der Waals surface area contributed by atoms with Gasteiger partial charge in [0.25, 0.3) is 0 Å². The Bertz CT molecular complexity index is 578. The van der Waals surface area contributed by atoms with Crippen LogP contribution in [-0.2, 0) is 16.0 Å². The quantitative estimate of drug-likeness (QED) is 0.745. The van der Waals surface area contributed by atoms with E-state index in [0.717, 1.165) is 12.0 Å². The van der Waals surface area contributed by atoms with Crippen molar-refractivity contribution in [1.82, 2.24) is 10.2 Å². The van der Waals surface area contributed by atoms with E-state index in [1.807, 2.05) is 42.2 Å². The van der Waals surface area contributed by atoms with Crippen molar-refractivity contribution in [3.8, 4) is 0 Å². The number of hydrogen-bond acceptors (Lipinski definition) is 3. The number of carboxylic acids is 1. The molecule has 1 aliphatic heterocycles. The number of likely N-dealkylation sites (tertiary alicyclic amines) is 1. The number of benzene rings is 1. The molecule has 144 valence electrons. The topological polar surface area (TPSA) is 78.9 Å². The van der Waals surface area contributed by atoms with Crippen molar-refractivity contribution in [2.24, 2.45) is 5.92 Å². The Morgan fingerprint density at radius 2 is 2.08 bits per heavy atom. The average Bonchev–Trinajstić information content (AvgIpc) is 2.62. The van der Waals surface area contributed by atoms with Gasteiger partial charge in [0.1, 0.15) is 0 Å². The van der Waals surface area contributed by atoms with E-state index in [2.05, 4.69) is 12.2 Å². The van der Waals surface area contributed by atoms with Crippen LogP contribution in [0.4, 0.5) is 4.79 Å². The molecular weight excluding hydrogens is 332 g/mol. The monoisotopic (exact) mass is 362 g/mol. The van der Waals surface area contributed by atoms with Crippen molar-refractivity contribution >= 4 is 12.0 Å². The first kappa shape index (κ1) is 20.2. The van der Waals surface area contributed by atoms with Gasteiger partial charge >= 0.3 is 12.0 Å². The molecule has 0 saturated carbocycles. The molecule has 2 amide bonds. The summed E-state index contributed by atoms with van der Waals surface area (Å²) in [4.78, 5) is 25.4. The van der Waals surface area contributed by atoms with Gasteiger partial charge in [-0.2, -0.15) is 0 Å². The second kappa shape index (κ2) is 10.2. The van der Waals surface area contributed by atoms with Gasteiger partial charge in [-0.05, 0) is 31.7 Å². The van der Waals surface area contributed by atoms with E-state index in [0.29, 0.717) is 38.5 Å². The lowest BCUT2D eigenvalue weighted by atomic mass is 9.96. The summed E-state index contributed by atoms with van der Waals surface area (Å²) in [6.07, 6.45) is 2.13. The number of ether oxygens (including phenoxy) is 1. The standard InChI is InChI=1S/C20H30N2O4/c1-3-26-18-11-12-22(14-15(18)2)20(25)21-17(9-10-19(23)24)13-16-7-5-4-6-8-16/h4-8,15,17-18H,3,9-14H2,1-2H3,(H,21,25)(H,23,24). The number of carbonyl (C=O) groups excluding carboxylic acids is 1. The molecule has 1 aliphatic rings. The summed E-state index contributed by atoms with van der Waals surface area (Å²) in [5.74, 6) is -0.551. The summed E-state index contributed by atoms with van der Waals surface area (Å²) >= 11 is 0. The molecule has 1 aromatic rings. The minimum absolute atomic E-state index is 0.0423. The zero-order valence-electron chi connectivity index (χ0n) is 15.7. The molecule has 3 unspecified atom stereocenters. The van der Waals surface area contributed by atoms with Crippen LogP contribution in [0.1, 0.15) is 38.7 Å². The fraction of sp³-hybridized carbons (Fsp3) is 0.600. The first-order valence-electron chi connectivity index (χ1n) is 9.42. The van der Waals surface area contributed by atoms with E-state index >= 15 is 0 Å². The lowest BCUT2D eigenvalue weighted by Crippen LogP contribution is -2.52. The molecule has 0 aromatic heterocycles. The average molecular weight is 362 g/mol. The Morgan fingerprint density at radius 3 is 2.69 bits per heavy atom. The fourth-order valence-corrected chi connectivity index (χ4v) is 3.46. The minimum Gasteiger partial charge on any atom is -0.481 e. The van der Waals surface area contributed by atoms with Crippen molar-refractivity contribution in [1.29, 1.82) is 0 Å². The van der Waals surface area contributed by atoms with Crippen molar-refractivity contribution in [3.05, 3.63) is 35.9 Å². The maximum absolute atomic E-state index is 12.7. The number of urea groups is 1. The molecule has 2 N–H and O–H groups in total. The molecule has 0 aliphatic carbocycles. The highest BCUT2D eigenvalue weighted by Gasteiger charge is 2.29. The van der Waals surface area contributed by atoms with Gasteiger partial charge in [-0.25, -0.2) is 4.79 Å². The van der Waals surface area contributed by atoms with Gasteiger partial charge < -0.3 is 20.1 Å². The Hall–Kier alpha value is -2.08. The van der Waals surface area contributed by atoms with E-state index in [4.69, 9.17) is 9.84 Å². The van der Waals surface area contributed by atoms with Crippen LogP contribution in [0, 0.1) is 5.92 Å². The molecule has 0 radical (unpaired) electrons. The van der Waals surface area contributed by atoms with Crippen LogP contribution in [0.5, 0.6) is 0 Å². The Kier molecular flexibility index (Phi) is 7.91. The fourth-order valence-electron chi connectivity index (χ4n) is 3.46. The second-order valence-electron chi connectivity index (χ2n) is 6.97. The second-order valence-corrected chi connectivity index (χ2v) is 6.97. The number of aliphatic carboxylic acids is 1. The summed E-state index contributed by atoms with van der Waals surface area (Å²) < 4.78 is 5.72. The van der Waals surface area contributed by atoms with E-state index in [1.54, 1.807) is 0 Å². The first-order valence-corrected chi connectivity index (χ1v) is 9.42. The normalized spacial score (nSPS) is 21.2. The highest BCUT2D eigenvalue weighted by atomic mass is 16.5. The maximum atomic E-state index is 12.7. The lowest BCUT2D eigenvalue weighted by molar-refractivity contribution is -0.137. The molecule has 26 heavy (non-hydrogen) atoms. The molecule has 1 heterocycles. The van der Waals surface area contributed by atoms with Crippen LogP contribution < -0.4 is 5.32 Å². The van der Waals surface area contributed by atoms with Gasteiger partial charge in [0, 0.05) is 38.1 Å².